The van der Waals surface area contributed by atoms with Crippen molar-refractivity contribution >= 4 is 57.4 Å². The molecule has 0 heterocycles. The fraction of sp³-hybridized carbons (Fsp3) is 0.0357. The standard InChI is InChI=1S/C28H23N3O2S/c1-19-7-2-4-11-24(19)27(33)29-22-14-16-23(17-15-22)30-28(34)31-26(32)18-13-21-10-6-9-20-8-3-5-12-25(20)21/h2-18H,1H3,(H,29,33)(H2,30,31,32,34)/b18-13+. The van der Waals surface area contributed by atoms with E-state index in [0.29, 0.717) is 16.9 Å². The number of rotatable bonds is 5. The van der Waals surface area contributed by atoms with Gasteiger partial charge in [0.15, 0.2) is 5.11 Å². The van der Waals surface area contributed by atoms with Crippen LogP contribution in [0.25, 0.3) is 16.8 Å². The van der Waals surface area contributed by atoms with E-state index in [9.17, 15) is 9.59 Å². The summed E-state index contributed by atoms with van der Waals surface area (Å²) in [6, 6.07) is 28.5. The van der Waals surface area contributed by atoms with E-state index in [-0.39, 0.29) is 16.9 Å². The van der Waals surface area contributed by atoms with Crippen LogP contribution in [0.4, 0.5) is 11.4 Å². The molecule has 0 atom stereocenters. The molecule has 0 saturated carbocycles. The van der Waals surface area contributed by atoms with Gasteiger partial charge in [0.2, 0.25) is 5.91 Å². The Bertz CT molecular complexity index is 1390. The molecule has 0 saturated heterocycles. The van der Waals surface area contributed by atoms with Crippen LogP contribution in [0.5, 0.6) is 0 Å². The Balaban J connectivity index is 1.32. The molecule has 4 rings (SSSR count). The Kier molecular flexibility index (Phi) is 7.10. The predicted octanol–water partition coefficient (Wildman–Crippen LogP) is 5.93. The number of aryl methyl sites for hydroxylation is 1. The highest BCUT2D eigenvalue weighted by molar-refractivity contribution is 7.80. The summed E-state index contributed by atoms with van der Waals surface area (Å²) in [6.45, 7) is 1.90. The van der Waals surface area contributed by atoms with Gasteiger partial charge in [0.25, 0.3) is 5.91 Å². The molecule has 0 aliphatic rings. The first kappa shape index (κ1) is 22.9. The van der Waals surface area contributed by atoms with Crippen molar-refractivity contribution in [2.45, 2.75) is 6.92 Å². The topological polar surface area (TPSA) is 70.2 Å². The van der Waals surface area contributed by atoms with Gasteiger partial charge in [-0.1, -0.05) is 60.7 Å². The molecule has 0 aromatic heterocycles. The first-order chi connectivity index (χ1) is 16.5. The molecule has 4 aromatic carbocycles. The molecule has 0 aliphatic heterocycles. The van der Waals surface area contributed by atoms with Crippen molar-refractivity contribution in [2.24, 2.45) is 0 Å². The third kappa shape index (κ3) is 5.74. The third-order valence-corrected chi connectivity index (χ3v) is 5.47. The molecular formula is C28H23N3O2S. The number of hydrogen-bond donors (Lipinski definition) is 3. The summed E-state index contributed by atoms with van der Waals surface area (Å²) in [7, 11) is 0. The van der Waals surface area contributed by atoms with Gasteiger partial charge in [-0.25, -0.2) is 0 Å². The molecule has 0 fully saturated rings. The monoisotopic (exact) mass is 465 g/mol. The molecule has 2 amide bonds. The normalized spacial score (nSPS) is 10.7. The van der Waals surface area contributed by atoms with Crippen molar-refractivity contribution in [3.05, 3.63) is 114 Å². The number of carbonyl (C=O) groups is 2. The first-order valence-corrected chi connectivity index (χ1v) is 11.2. The highest BCUT2D eigenvalue weighted by atomic mass is 32.1. The van der Waals surface area contributed by atoms with Crippen molar-refractivity contribution in [2.75, 3.05) is 10.6 Å². The fourth-order valence-electron chi connectivity index (χ4n) is 3.54. The zero-order valence-electron chi connectivity index (χ0n) is 18.5. The lowest BCUT2D eigenvalue weighted by Crippen LogP contribution is -2.32. The van der Waals surface area contributed by atoms with Crippen molar-refractivity contribution in [1.29, 1.82) is 0 Å². The lowest BCUT2D eigenvalue weighted by molar-refractivity contribution is -0.115. The van der Waals surface area contributed by atoms with Gasteiger partial charge in [0.05, 0.1) is 0 Å². The third-order valence-electron chi connectivity index (χ3n) is 5.26. The van der Waals surface area contributed by atoms with E-state index >= 15 is 0 Å². The van der Waals surface area contributed by atoms with E-state index in [1.807, 2.05) is 67.6 Å². The van der Waals surface area contributed by atoms with Gasteiger partial charge in [-0.15, -0.1) is 0 Å². The molecule has 3 N–H and O–H groups in total. The quantitative estimate of drug-likeness (QED) is 0.252. The highest BCUT2D eigenvalue weighted by Crippen LogP contribution is 2.19. The van der Waals surface area contributed by atoms with Crippen LogP contribution in [0, 0.1) is 6.92 Å². The molecular weight excluding hydrogens is 442 g/mol. The van der Waals surface area contributed by atoms with E-state index in [2.05, 4.69) is 16.0 Å². The van der Waals surface area contributed by atoms with Crippen LogP contribution >= 0.6 is 12.2 Å². The Labute approximate surface area is 203 Å². The minimum absolute atomic E-state index is 0.167. The van der Waals surface area contributed by atoms with Crippen molar-refractivity contribution in [3.63, 3.8) is 0 Å². The van der Waals surface area contributed by atoms with E-state index in [1.54, 1.807) is 36.4 Å². The number of nitrogens with one attached hydrogen (secondary N) is 3. The zero-order valence-corrected chi connectivity index (χ0v) is 19.4. The van der Waals surface area contributed by atoms with Crippen LogP contribution in [-0.2, 0) is 4.79 Å². The largest absolute Gasteiger partial charge is 0.332 e. The summed E-state index contributed by atoms with van der Waals surface area (Å²) in [4.78, 5) is 24.8. The molecule has 0 bridgehead atoms. The molecule has 34 heavy (non-hydrogen) atoms. The number of fused-ring (bicyclic) bond motifs is 1. The second-order valence-corrected chi connectivity index (χ2v) is 8.10. The van der Waals surface area contributed by atoms with Crippen LogP contribution in [-0.4, -0.2) is 16.9 Å². The summed E-state index contributed by atoms with van der Waals surface area (Å²) in [6.07, 6.45) is 3.23. The summed E-state index contributed by atoms with van der Waals surface area (Å²) >= 11 is 5.25. The highest BCUT2D eigenvalue weighted by Gasteiger charge is 2.09. The molecule has 4 aromatic rings. The first-order valence-electron chi connectivity index (χ1n) is 10.7. The molecule has 0 aliphatic carbocycles. The predicted molar refractivity (Wildman–Crippen MR) is 143 cm³/mol. The number of thiocarbonyl (C=S) groups is 1. The molecule has 168 valence electrons. The van der Waals surface area contributed by atoms with E-state index < -0.39 is 0 Å². The molecule has 5 nitrogen and oxygen atoms in total. The Morgan fingerprint density at radius 3 is 2.18 bits per heavy atom. The van der Waals surface area contributed by atoms with Gasteiger partial charge in [-0.2, -0.15) is 0 Å². The van der Waals surface area contributed by atoms with Gasteiger partial charge < -0.3 is 10.6 Å². The lowest BCUT2D eigenvalue weighted by Gasteiger charge is -2.10. The van der Waals surface area contributed by atoms with Gasteiger partial charge >= 0.3 is 0 Å². The fourth-order valence-corrected chi connectivity index (χ4v) is 3.76. The van der Waals surface area contributed by atoms with E-state index in [4.69, 9.17) is 12.2 Å². The molecule has 0 spiro atoms. The minimum Gasteiger partial charge on any atom is -0.332 e. The summed E-state index contributed by atoms with van der Waals surface area (Å²) in [5.74, 6) is -0.493. The zero-order chi connectivity index (χ0) is 23.9. The van der Waals surface area contributed by atoms with E-state index in [0.717, 1.165) is 21.9 Å². The SMILES string of the molecule is Cc1ccccc1C(=O)Nc1ccc(NC(=S)NC(=O)/C=C/c2cccc3ccccc23)cc1. The van der Waals surface area contributed by atoms with Gasteiger partial charge in [0, 0.05) is 23.0 Å². The minimum atomic E-state index is -0.326. The summed E-state index contributed by atoms with van der Waals surface area (Å²) in [5, 5.41) is 10.9. The molecule has 0 unspecified atom stereocenters. The maximum Gasteiger partial charge on any atom is 0.255 e. The van der Waals surface area contributed by atoms with Crippen molar-refractivity contribution < 1.29 is 9.59 Å². The van der Waals surface area contributed by atoms with E-state index in [1.165, 1.54) is 6.08 Å². The van der Waals surface area contributed by atoms with Gasteiger partial charge in [0.1, 0.15) is 0 Å². The van der Waals surface area contributed by atoms with Crippen molar-refractivity contribution in [3.8, 4) is 0 Å². The van der Waals surface area contributed by atoms with Gasteiger partial charge in [-0.05, 0) is 77.4 Å². The van der Waals surface area contributed by atoms with Crippen LogP contribution in [0.1, 0.15) is 21.5 Å². The van der Waals surface area contributed by atoms with Crippen LogP contribution < -0.4 is 16.0 Å². The van der Waals surface area contributed by atoms with Crippen LogP contribution in [0.15, 0.2) is 97.1 Å². The van der Waals surface area contributed by atoms with Crippen LogP contribution in [0.3, 0.4) is 0 Å². The Hall–Kier alpha value is -4.29. The number of hydrogen-bond acceptors (Lipinski definition) is 3. The van der Waals surface area contributed by atoms with Gasteiger partial charge in [-0.3, -0.25) is 14.9 Å². The number of anilines is 2. The number of benzene rings is 4. The lowest BCUT2D eigenvalue weighted by atomic mass is 10.0. The average molecular weight is 466 g/mol. The van der Waals surface area contributed by atoms with Crippen LogP contribution in [0.2, 0.25) is 0 Å². The smallest absolute Gasteiger partial charge is 0.255 e. The summed E-state index contributed by atoms with van der Waals surface area (Å²) < 4.78 is 0. The second-order valence-electron chi connectivity index (χ2n) is 7.69. The number of carbonyl (C=O) groups excluding carboxylic acids is 2. The maximum atomic E-state index is 12.5. The Morgan fingerprint density at radius 1 is 0.765 bits per heavy atom. The molecule has 6 heteroatoms. The molecule has 0 radical (unpaired) electrons. The average Bonchev–Trinajstić information content (AvgIpc) is 2.84. The Morgan fingerprint density at radius 2 is 1.41 bits per heavy atom. The summed E-state index contributed by atoms with van der Waals surface area (Å²) in [5.41, 5.74) is 3.85. The number of amides is 2. The maximum absolute atomic E-state index is 12.5. The van der Waals surface area contributed by atoms with Crippen molar-refractivity contribution in [1.82, 2.24) is 5.32 Å². The second kappa shape index (κ2) is 10.6.